The molecule has 0 saturated heterocycles. The number of carbonyl (C=O) groups is 1. The maximum absolute atomic E-state index is 12.3. The molecule has 0 atom stereocenters. The van der Waals surface area contributed by atoms with Crippen LogP contribution in [0.1, 0.15) is 37.7 Å². The van der Waals surface area contributed by atoms with E-state index in [0.717, 1.165) is 47.8 Å². The number of thioether (sulfide) groups is 1. The van der Waals surface area contributed by atoms with E-state index in [0.29, 0.717) is 16.7 Å². The first-order chi connectivity index (χ1) is 14.1. The number of aryl methyl sites for hydroxylation is 1. The van der Waals surface area contributed by atoms with Crippen LogP contribution in [0.5, 0.6) is 11.5 Å². The quantitative estimate of drug-likeness (QED) is 0.442. The van der Waals surface area contributed by atoms with Crippen LogP contribution in [0.3, 0.4) is 0 Å². The van der Waals surface area contributed by atoms with Gasteiger partial charge in [0.2, 0.25) is 0 Å². The Morgan fingerprint density at radius 2 is 1.83 bits per heavy atom. The van der Waals surface area contributed by atoms with Gasteiger partial charge in [0.05, 0.1) is 25.5 Å². The standard InChI is InChI=1S/C21H25N3O4S/c1-13-9-14-10-17(26-2)18(27-3)11-16(14)24-20(13)22-23-21(24)29-12-19(25)28-15-7-5-4-6-8-15/h9-11,15H,4-8,12H2,1-3H3. The molecule has 0 aliphatic heterocycles. The van der Waals surface area contributed by atoms with Gasteiger partial charge in [0.25, 0.3) is 0 Å². The van der Waals surface area contributed by atoms with E-state index < -0.39 is 0 Å². The maximum Gasteiger partial charge on any atom is 0.316 e. The number of fused-ring (bicyclic) bond motifs is 3. The summed E-state index contributed by atoms with van der Waals surface area (Å²) in [5, 5.41) is 10.3. The van der Waals surface area contributed by atoms with Crippen molar-refractivity contribution in [3.63, 3.8) is 0 Å². The van der Waals surface area contributed by atoms with Crippen LogP contribution >= 0.6 is 11.8 Å². The summed E-state index contributed by atoms with van der Waals surface area (Å²) in [7, 11) is 3.23. The number of esters is 1. The van der Waals surface area contributed by atoms with Crippen LogP contribution in [0, 0.1) is 6.92 Å². The highest BCUT2D eigenvalue weighted by Crippen LogP contribution is 2.34. The summed E-state index contributed by atoms with van der Waals surface area (Å²) in [5.41, 5.74) is 2.65. The van der Waals surface area contributed by atoms with Gasteiger partial charge >= 0.3 is 5.97 Å². The number of carbonyl (C=O) groups excluding carboxylic acids is 1. The fourth-order valence-corrected chi connectivity index (χ4v) is 4.58. The Balaban J connectivity index is 1.63. The smallest absolute Gasteiger partial charge is 0.316 e. The molecule has 0 spiro atoms. The SMILES string of the molecule is COc1cc2cc(C)c3nnc(SCC(=O)OC4CCCCC4)n3c2cc1OC. The molecule has 154 valence electrons. The lowest BCUT2D eigenvalue weighted by Crippen LogP contribution is -2.22. The monoisotopic (exact) mass is 415 g/mol. The summed E-state index contributed by atoms with van der Waals surface area (Å²) in [6.07, 6.45) is 5.50. The lowest BCUT2D eigenvalue weighted by molar-refractivity contribution is -0.147. The van der Waals surface area contributed by atoms with Crippen molar-refractivity contribution in [3.8, 4) is 11.5 Å². The molecule has 2 heterocycles. The molecule has 7 nitrogen and oxygen atoms in total. The molecular formula is C21H25N3O4S. The number of ether oxygens (including phenoxy) is 3. The normalized spacial score (nSPS) is 15.0. The molecule has 0 radical (unpaired) electrons. The minimum atomic E-state index is -0.199. The van der Waals surface area contributed by atoms with E-state index >= 15 is 0 Å². The van der Waals surface area contributed by atoms with Crippen molar-refractivity contribution < 1.29 is 19.0 Å². The van der Waals surface area contributed by atoms with Crippen LogP contribution in [-0.2, 0) is 9.53 Å². The van der Waals surface area contributed by atoms with Crippen molar-refractivity contribution in [1.82, 2.24) is 14.6 Å². The summed E-state index contributed by atoms with van der Waals surface area (Å²) in [4.78, 5) is 12.3. The third-order valence-electron chi connectivity index (χ3n) is 5.30. The molecule has 1 fully saturated rings. The first-order valence-corrected chi connectivity index (χ1v) is 10.8. The number of nitrogens with zero attached hydrogens (tertiary/aromatic N) is 3. The Morgan fingerprint density at radius 1 is 1.10 bits per heavy atom. The highest BCUT2D eigenvalue weighted by atomic mass is 32.2. The highest BCUT2D eigenvalue weighted by molar-refractivity contribution is 7.99. The van der Waals surface area contributed by atoms with Crippen molar-refractivity contribution in [2.75, 3.05) is 20.0 Å². The summed E-state index contributed by atoms with van der Waals surface area (Å²) in [6, 6.07) is 5.90. The van der Waals surface area contributed by atoms with Gasteiger partial charge in [0, 0.05) is 11.5 Å². The number of benzene rings is 1. The van der Waals surface area contributed by atoms with Gasteiger partial charge in [-0.05, 0) is 50.3 Å². The van der Waals surface area contributed by atoms with Crippen molar-refractivity contribution in [3.05, 3.63) is 23.8 Å². The molecule has 0 unspecified atom stereocenters. The lowest BCUT2D eigenvalue weighted by Gasteiger charge is -2.21. The van der Waals surface area contributed by atoms with E-state index in [1.165, 1.54) is 18.2 Å². The summed E-state index contributed by atoms with van der Waals surface area (Å²) in [6.45, 7) is 1.99. The van der Waals surface area contributed by atoms with E-state index in [-0.39, 0.29) is 17.8 Å². The van der Waals surface area contributed by atoms with Crippen LogP contribution < -0.4 is 9.47 Å². The average molecular weight is 416 g/mol. The maximum atomic E-state index is 12.3. The van der Waals surface area contributed by atoms with Gasteiger partial charge in [-0.2, -0.15) is 0 Å². The minimum absolute atomic E-state index is 0.0618. The third-order valence-corrected chi connectivity index (χ3v) is 6.20. The van der Waals surface area contributed by atoms with Crippen LogP contribution in [0.4, 0.5) is 0 Å². The van der Waals surface area contributed by atoms with Crippen molar-refractivity contribution >= 4 is 34.3 Å². The first kappa shape index (κ1) is 19.8. The zero-order chi connectivity index (χ0) is 20.4. The Labute approximate surface area is 173 Å². The highest BCUT2D eigenvalue weighted by Gasteiger charge is 2.20. The molecule has 1 aromatic carbocycles. The Hall–Kier alpha value is -2.48. The molecule has 4 rings (SSSR count). The molecule has 1 aliphatic rings. The number of hydrogen-bond donors (Lipinski definition) is 0. The van der Waals surface area contributed by atoms with E-state index in [2.05, 4.69) is 10.2 Å². The topological polar surface area (TPSA) is 75.0 Å². The molecule has 8 heteroatoms. The molecule has 0 N–H and O–H groups in total. The molecule has 1 aliphatic carbocycles. The second-order valence-electron chi connectivity index (χ2n) is 7.27. The van der Waals surface area contributed by atoms with Crippen LogP contribution in [0.2, 0.25) is 0 Å². The molecule has 0 bridgehead atoms. The predicted molar refractivity (Wildman–Crippen MR) is 112 cm³/mol. The largest absolute Gasteiger partial charge is 0.493 e. The summed E-state index contributed by atoms with van der Waals surface area (Å²) >= 11 is 1.34. The number of methoxy groups -OCH3 is 2. The molecule has 29 heavy (non-hydrogen) atoms. The zero-order valence-electron chi connectivity index (χ0n) is 16.9. The fourth-order valence-electron chi connectivity index (χ4n) is 3.85. The molecule has 3 aromatic rings. The Bertz CT molecular complexity index is 1040. The number of hydrogen-bond acceptors (Lipinski definition) is 7. The van der Waals surface area contributed by atoms with Gasteiger partial charge in [0.1, 0.15) is 6.10 Å². The third kappa shape index (κ3) is 3.99. The molecular weight excluding hydrogens is 390 g/mol. The Kier molecular flexibility index (Phi) is 5.80. The van der Waals surface area contributed by atoms with Crippen LogP contribution in [0.25, 0.3) is 16.6 Å². The van der Waals surface area contributed by atoms with Gasteiger partial charge in [-0.15, -0.1) is 10.2 Å². The van der Waals surface area contributed by atoms with Gasteiger partial charge in [0.15, 0.2) is 22.3 Å². The molecule has 2 aromatic heterocycles. The van der Waals surface area contributed by atoms with E-state index in [9.17, 15) is 4.79 Å². The number of rotatable bonds is 6. The summed E-state index contributed by atoms with van der Waals surface area (Å²) < 4.78 is 18.5. The van der Waals surface area contributed by atoms with E-state index in [4.69, 9.17) is 14.2 Å². The fraction of sp³-hybridized carbons (Fsp3) is 0.476. The second-order valence-corrected chi connectivity index (χ2v) is 8.22. The van der Waals surface area contributed by atoms with Gasteiger partial charge in [-0.25, -0.2) is 0 Å². The molecule has 1 saturated carbocycles. The zero-order valence-corrected chi connectivity index (χ0v) is 17.8. The van der Waals surface area contributed by atoms with E-state index in [1.807, 2.05) is 29.5 Å². The van der Waals surface area contributed by atoms with Gasteiger partial charge in [-0.1, -0.05) is 18.2 Å². The first-order valence-electron chi connectivity index (χ1n) is 9.83. The second kappa shape index (κ2) is 8.49. The van der Waals surface area contributed by atoms with Crippen molar-refractivity contribution in [2.45, 2.75) is 50.3 Å². The minimum Gasteiger partial charge on any atom is -0.493 e. The van der Waals surface area contributed by atoms with Crippen LogP contribution in [-0.4, -0.2) is 46.6 Å². The van der Waals surface area contributed by atoms with E-state index in [1.54, 1.807) is 14.2 Å². The van der Waals surface area contributed by atoms with Gasteiger partial charge < -0.3 is 14.2 Å². The van der Waals surface area contributed by atoms with Crippen LogP contribution in [0.15, 0.2) is 23.4 Å². The predicted octanol–water partition coefficient (Wildman–Crippen LogP) is 4.18. The van der Waals surface area contributed by atoms with Crippen molar-refractivity contribution in [1.29, 1.82) is 0 Å². The average Bonchev–Trinajstić information content (AvgIpc) is 3.17. The van der Waals surface area contributed by atoms with Gasteiger partial charge in [-0.3, -0.25) is 9.20 Å². The number of pyridine rings is 1. The number of aromatic nitrogens is 3. The lowest BCUT2D eigenvalue weighted by atomic mass is 9.98. The summed E-state index contributed by atoms with van der Waals surface area (Å²) in [5.74, 6) is 1.30. The Morgan fingerprint density at radius 3 is 2.55 bits per heavy atom. The van der Waals surface area contributed by atoms with Crippen molar-refractivity contribution in [2.24, 2.45) is 0 Å². The molecule has 0 amide bonds.